The Hall–Kier alpha value is -0.380. The molecule has 3 heteroatoms. The maximum atomic E-state index is 5.87. The molecule has 0 spiro atoms. The lowest BCUT2D eigenvalue weighted by molar-refractivity contribution is 0.0151. The summed E-state index contributed by atoms with van der Waals surface area (Å²) in [4.78, 5) is 1.33. The molecule has 0 amide bonds. The van der Waals surface area contributed by atoms with Crippen LogP contribution in [0.3, 0.4) is 0 Å². The Bertz CT molecular complexity index is 258. The first-order valence-corrected chi connectivity index (χ1v) is 5.57. The van der Waals surface area contributed by atoms with Crippen LogP contribution in [0.5, 0.6) is 0 Å². The van der Waals surface area contributed by atoms with Crippen LogP contribution in [0, 0.1) is 5.92 Å². The molecule has 0 bridgehead atoms. The van der Waals surface area contributed by atoms with Crippen molar-refractivity contribution < 1.29 is 4.74 Å². The van der Waals surface area contributed by atoms with Crippen LogP contribution in [-0.4, -0.2) is 12.8 Å². The average Bonchev–Trinajstić information content (AvgIpc) is 2.75. The number of nitrogens with one attached hydrogen (secondary N) is 1. The van der Waals surface area contributed by atoms with E-state index in [0.717, 1.165) is 6.54 Å². The second-order valence-corrected chi connectivity index (χ2v) is 4.69. The predicted octanol–water partition coefficient (Wildman–Crippen LogP) is 2.39. The van der Waals surface area contributed by atoms with Crippen LogP contribution >= 0.6 is 11.3 Å². The summed E-state index contributed by atoms with van der Waals surface area (Å²) in [6, 6.07) is 4.21. The maximum absolute atomic E-state index is 5.87. The largest absolute Gasteiger partial charge is 0.353 e. The molecule has 0 radical (unpaired) electrons. The SMILES string of the molecule is CC(C)C1NCC(c2cccs2)O1. The van der Waals surface area contributed by atoms with Gasteiger partial charge in [-0.3, -0.25) is 5.32 Å². The minimum atomic E-state index is 0.229. The van der Waals surface area contributed by atoms with Crippen molar-refractivity contribution in [1.29, 1.82) is 0 Å². The van der Waals surface area contributed by atoms with Crippen LogP contribution in [0.1, 0.15) is 24.8 Å². The summed E-state index contributed by atoms with van der Waals surface area (Å²) < 4.78 is 5.87. The van der Waals surface area contributed by atoms with Gasteiger partial charge in [0.05, 0.1) is 0 Å². The van der Waals surface area contributed by atoms with Crippen molar-refractivity contribution in [3.05, 3.63) is 22.4 Å². The molecule has 2 nitrogen and oxygen atoms in total. The van der Waals surface area contributed by atoms with E-state index in [4.69, 9.17) is 4.74 Å². The van der Waals surface area contributed by atoms with E-state index < -0.39 is 0 Å². The fraction of sp³-hybridized carbons (Fsp3) is 0.600. The van der Waals surface area contributed by atoms with Gasteiger partial charge in [0.25, 0.3) is 0 Å². The quantitative estimate of drug-likeness (QED) is 0.786. The van der Waals surface area contributed by atoms with Crippen LogP contribution in [0.15, 0.2) is 17.5 Å². The molecule has 2 rings (SSSR count). The molecule has 13 heavy (non-hydrogen) atoms. The number of thiophene rings is 1. The van der Waals surface area contributed by atoms with E-state index in [9.17, 15) is 0 Å². The third kappa shape index (κ3) is 1.93. The van der Waals surface area contributed by atoms with Gasteiger partial charge in [0.2, 0.25) is 0 Å². The van der Waals surface area contributed by atoms with Crippen molar-refractivity contribution in [2.45, 2.75) is 26.2 Å². The molecular formula is C10H15NOS. The monoisotopic (exact) mass is 197 g/mol. The fourth-order valence-electron chi connectivity index (χ4n) is 1.53. The molecule has 72 valence electrons. The zero-order valence-electron chi connectivity index (χ0n) is 7.99. The van der Waals surface area contributed by atoms with E-state index >= 15 is 0 Å². The summed E-state index contributed by atoms with van der Waals surface area (Å²) in [6.07, 6.45) is 0.500. The zero-order chi connectivity index (χ0) is 9.26. The third-order valence-electron chi connectivity index (χ3n) is 2.28. The molecule has 1 N–H and O–H groups in total. The Labute approximate surface area is 82.9 Å². The lowest BCUT2D eigenvalue weighted by atomic mass is 10.2. The van der Waals surface area contributed by atoms with E-state index in [1.165, 1.54) is 4.88 Å². The van der Waals surface area contributed by atoms with Crippen molar-refractivity contribution in [1.82, 2.24) is 5.32 Å². The highest BCUT2D eigenvalue weighted by molar-refractivity contribution is 7.10. The number of hydrogen-bond acceptors (Lipinski definition) is 3. The van der Waals surface area contributed by atoms with E-state index in [2.05, 4.69) is 36.7 Å². The molecule has 0 saturated carbocycles. The molecule has 1 aliphatic heterocycles. The highest BCUT2D eigenvalue weighted by atomic mass is 32.1. The van der Waals surface area contributed by atoms with Gasteiger partial charge in [-0.15, -0.1) is 11.3 Å². The Morgan fingerprint density at radius 3 is 3.00 bits per heavy atom. The summed E-state index contributed by atoms with van der Waals surface area (Å²) in [7, 11) is 0. The summed E-state index contributed by atoms with van der Waals surface area (Å²) in [5.74, 6) is 0.546. The molecule has 1 aromatic heterocycles. The molecule has 0 aromatic carbocycles. The number of rotatable bonds is 2. The standard InChI is InChI=1S/C10H15NOS/c1-7(2)10-11-6-8(12-10)9-4-3-5-13-9/h3-5,7-8,10-11H,6H2,1-2H3. The highest BCUT2D eigenvalue weighted by Crippen LogP contribution is 2.28. The van der Waals surface area contributed by atoms with Gasteiger partial charge in [-0.25, -0.2) is 0 Å². The van der Waals surface area contributed by atoms with E-state index in [1.54, 1.807) is 11.3 Å². The lowest BCUT2D eigenvalue weighted by Gasteiger charge is -2.14. The molecular weight excluding hydrogens is 182 g/mol. The van der Waals surface area contributed by atoms with Gasteiger partial charge in [0.15, 0.2) is 0 Å². The highest BCUT2D eigenvalue weighted by Gasteiger charge is 2.28. The van der Waals surface area contributed by atoms with Crippen LogP contribution in [-0.2, 0) is 4.74 Å². The fourth-order valence-corrected chi connectivity index (χ4v) is 2.29. The molecule has 2 heterocycles. The van der Waals surface area contributed by atoms with Crippen LogP contribution in [0.25, 0.3) is 0 Å². The average molecular weight is 197 g/mol. The number of hydrogen-bond donors (Lipinski definition) is 1. The normalized spacial score (nSPS) is 28.5. The van der Waals surface area contributed by atoms with Crippen LogP contribution in [0.2, 0.25) is 0 Å². The van der Waals surface area contributed by atoms with Crippen molar-refractivity contribution >= 4 is 11.3 Å². The summed E-state index contributed by atoms with van der Waals surface area (Å²) in [5, 5.41) is 5.48. The van der Waals surface area contributed by atoms with E-state index in [0.29, 0.717) is 5.92 Å². The van der Waals surface area contributed by atoms with Gasteiger partial charge < -0.3 is 4.74 Å². The minimum absolute atomic E-state index is 0.229. The Balaban J connectivity index is 1.99. The first-order chi connectivity index (χ1) is 6.27. The second kappa shape index (κ2) is 3.78. The molecule has 1 saturated heterocycles. The van der Waals surface area contributed by atoms with E-state index in [-0.39, 0.29) is 12.3 Å². The molecule has 1 aliphatic rings. The van der Waals surface area contributed by atoms with Crippen molar-refractivity contribution in [2.24, 2.45) is 5.92 Å². The molecule has 2 atom stereocenters. The predicted molar refractivity (Wildman–Crippen MR) is 54.8 cm³/mol. The van der Waals surface area contributed by atoms with Gasteiger partial charge in [0, 0.05) is 11.4 Å². The summed E-state index contributed by atoms with van der Waals surface area (Å²) >= 11 is 1.77. The van der Waals surface area contributed by atoms with Gasteiger partial charge in [-0.2, -0.15) is 0 Å². The molecule has 1 aromatic rings. The van der Waals surface area contributed by atoms with Crippen molar-refractivity contribution in [3.63, 3.8) is 0 Å². The summed E-state index contributed by atoms with van der Waals surface area (Å²) in [5.41, 5.74) is 0. The third-order valence-corrected chi connectivity index (χ3v) is 3.25. The van der Waals surface area contributed by atoms with Crippen LogP contribution in [0.4, 0.5) is 0 Å². The lowest BCUT2D eigenvalue weighted by Crippen LogP contribution is -2.27. The van der Waals surface area contributed by atoms with Gasteiger partial charge in [0.1, 0.15) is 12.3 Å². The smallest absolute Gasteiger partial charge is 0.111 e. The first-order valence-electron chi connectivity index (χ1n) is 4.69. The molecule has 1 fully saturated rings. The Morgan fingerprint density at radius 1 is 1.62 bits per heavy atom. The van der Waals surface area contributed by atoms with E-state index in [1.807, 2.05) is 0 Å². The topological polar surface area (TPSA) is 21.3 Å². The molecule has 0 aliphatic carbocycles. The minimum Gasteiger partial charge on any atom is -0.353 e. The first kappa shape index (κ1) is 9.19. The molecule has 2 unspecified atom stereocenters. The summed E-state index contributed by atoms with van der Waals surface area (Å²) in [6.45, 7) is 5.30. The van der Waals surface area contributed by atoms with Crippen molar-refractivity contribution in [2.75, 3.05) is 6.54 Å². The van der Waals surface area contributed by atoms with Gasteiger partial charge in [-0.05, 0) is 17.4 Å². The second-order valence-electron chi connectivity index (χ2n) is 3.71. The van der Waals surface area contributed by atoms with Crippen LogP contribution < -0.4 is 5.32 Å². The Kier molecular flexibility index (Phi) is 2.67. The maximum Gasteiger partial charge on any atom is 0.111 e. The van der Waals surface area contributed by atoms with Gasteiger partial charge in [-0.1, -0.05) is 19.9 Å². The van der Waals surface area contributed by atoms with Crippen molar-refractivity contribution in [3.8, 4) is 0 Å². The number of ether oxygens (including phenoxy) is 1. The Morgan fingerprint density at radius 2 is 2.46 bits per heavy atom. The van der Waals surface area contributed by atoms with Gasteiger partial charge >= 0.3 is 0 Å². The zero-order valence-corrected chi connectivity index (χ0v) is 8.80.